The van der Waals surface area contributed by atoms with Crippen molar-refractivity contribution in [3.8, 4) is 0 Å². The number of hydrogen-bond donors (Lipinski definition) is 0. The van der Waals surface area contributed by atoms with Crippen molar-refractivity contribution in [3.05, 3.63) is 84.1 Å². The van der Waals surface area contributed by atoms with Gasteiger partial charge in [-0.25, -0.2) is 9.47 Å². The highest BCUT2D eigenvalue weighted by molar-refractivity contribution is 5.85. The van der Waals surface area contributed by atoms with Gasteiger partial charge >= 0.3 is 0 Å². The molecule has 0 unspecified atom stereocenters. The van der Waals surface area contributed by atoms with Gasteiger partial charge in [-0.3, -0.25) is 0 Å². The zero-order valence-corrected chi connectivity index (χ0v) is 14.1. The zero-order chi connectivity index (χ0) is 16.4. The van der Waals surface area contributed by atoms with Crippen LogP contribution >= 0.6 is 0 Å². The molecule has 23 heavy (non-hydrogen) atoms. The third kappa shape index (κ3) is 2.85. The molecule has 2 nitrogen and oxygen atoms in total. The lowest BCUT2D eigenvalue weighted by Gasteiger charge is -2.22. The predicted octanol–water partition coefficient (Wildman–Crippen LogP) is 4.41. The van der Waals surface area contributed by atoms with Crippen LogP contribution in [-0.2, 0) is 7.05 Å². The maximum atomic E-state index is 4.27. The third-order valence-corrected chi connectivity index (χ3v) is 4.45. The summed E-state index contributed by atoms with van der Waals surface area (Å²) >= 11 is 0. The number of benzene rings is 1. The average Bonchev–Trinajstić information content (AvgIpc) is 2.61. The first-order valence-corrected chi connectivity index (χ1v) is 7.94. The monoisotopic (exact) mass is 303 g/mol. The van der Waals surface area contributed by atoms with Crippen molar-refractivity contribution in [2.45, 2.75) is 13.8 Å². The van der Waals surface area contributed by atoms with Gasteiger partial charge < -0.3 is 0 Å². The minimum Gasteiger partial charge on any atom is -0.237 e. The molecule has 0 amide bonds. The number of aromatic nitrogens is 1. The molecule has 0 radical (unpaired) electrons. The highest BCUT2D eigenvalue weighted by Crippen LogP contribution is 2.36. The molecule has 2 heterocycles. The van der Waals surface area contributed by atoms with Gasteiger partial charge in [-0.1, -0.05) is 36.9 Å². The smallest absolute Gasteiger partial charge is 0.237 e. The second-order valence-corrected chi connectivity index (χ2v) is 6.00. The third-order valence-electron chi connectivity index (χ3n) is 4.45. The quantitative estimate of drug-likeness (QED) is 0.708. The number of anilines is 2. The van der Waals surface area contributed by atoms with Crippen LogP contribution in [-0.4, -0.2) is 6.54 Å². The summed E-state index contributed by atoms with van der Waals surface area (Å²) in [4.78, 5) is 2.37. The average molecular weight is 303 g/mol. The van der Waals surface area contributed by atoms with Crippen molar-refractivity contribution in [2.24, 2.45) is 7.05 Å². The van der Waals surface area contributed by atoms with E-state index in [0.29, 0.717) is 0 Å². The second-order valence-electron chi connectivity index (χ2n) is 6.00. The topological polar surface area (TPSA) is 7.12 Å². The van der Waals surface area contributed by atoms with Gasteiger partial charge in [0, 0.05) is 11.6 Å². The van der Waals surface area contributed by atoms with Gasteiger partial charge in [0.05, 0.1) is 13.2 Å². The summed E-state index contributed by atoms with van der Waals surface area (Å²) in [6.07, 6.45) is 10.5. The van der Waals surface area contributed by atoms with Gasteiger partial charge in [0.15, 0.2) is 0 Å². The van der Waals surface area contributed by atoms with Crippen molar-refractivity contribution in [3.63, 3.8) is 0 Å². The molecule has 0 fully saturated rings. The fourth-order valence-corrected chi connectivity index (χ4v) is 3.01. The summed E-state index contributed by atoms with van der Waals surface area (Å²) < 4.78 is 2.16. The van der Waals surface area contributed by atoms with E-state index >= 15 is 0 Å². The fraction of sp³-hybridized carbons (Fsp3) is 0.190. The molecule has 0 bridgehead atoms. The summed E-state index contributed by atoms with van der Waals surface area (Å²) in [6, 6.07) is 10.7. The maximum absolute atomic E-state index is 4.27. The van der Waals surface area contributed by atoms with Crippen molar-refractivity contribution < 1.29 is 4.57 Å². The Bertz CT molecular complexity index is 813. The molecule has 116 valence electrons. The van der Waals surface area contributed by atoms with Crippen LogP contribution in [0.1, 0.15) is 16.7 Å². The highest BCUT2D eigenvalue weighted by atomic mass is 15.2. The van der Waals surface area contributed by atoms with Crippen LogP contribution in [0.2, 0.25) is 0 Å². The Morgan fingerprint density at radius 2 is 1.91 bits per heavy atom. The standard InChI is InChI=1S/C21H23N2/c1-16-12-13-19-17(2)10-6-5-8-15-23(21(19)18(16)3)20-11-7-9-14-22(20)4/h5-14H,2,15H2,1,3-4H3/q+1/b8-5-,10-6-. The van der Waals surface area contributed by atoms with Crippen LogP contribution in [0.3, 0.4) is 0 Å². The number of rotatable bonds is 1. The highest BCUT2D eigenvalue weighted by Gasteiger charge is 2.25. The predicted molar refractivity (Wildman–Crippen MR) is 97.9 cm³/mol. The van der Waals surface area contributed by atoms with Crippen molar-refractivity contribution in [1.29, 1.82) is 0 Å². The number of aryl methyl sites for hydroxylation is 2. The van der Waals surface area contributed by atoms with Crippen molar-refractivity contribution in [1.82, 2.24) is 0 Å². The SMILES string of the molecule is C=C1/C=C\C=C/CN(c2cccc[n+]2C)c2c1ccc(C)c2C. The molecule has 1 aromatic carbocycles. The molecule has 0 atom stereocenters. The molecule has 0 aliphatic carbocycles. The van der Waals surface area contributed by atoms with Crippen LogP contribution < -0.4 is 9.47 Å². The first kappa shape index (κ1) is 15.3. The molecule has 0 N–H and O–H groups in total. The summed E-state index contributed by atoms with van der Waals surface area (Å²) in [5, 5.41) is 0. The van der Waals surface area contributed by atoms with Crippen LogP contribution in [0, 0.1) is 13.8 Å². The lowest BCUT2D eigenvalue weighted by molar-refractivity contribution is -0.658. The van der Waals surface area contributed by atoms with Gasteiger partial charge in [-0.15, -0.1) is 0 Å². The number of hydrogen-bond acceptors (Lipinski definition) is 1. The lowest BCUT2D eigenvalue weighted by Crippen LogP contribution is -2.37. The van der Waals surface area contributed by atoms with E-state index in [9.17, 15) is 0 Å². The molecule has 1 aromatic heterocycles. The first-order chi connectivity index (χ1) is 11.1. The minimum absolute atomic E-state index is 0.826. The first-order valence-electron chi connectivity index (χ1n) is 7.94. The van der Waals surface area contributed by atoms with Crippen molar-refractivity contribution >= 4 is 17.1 Å². The van der Waals surface area contributed by atoms with Crippen LogP contribution in [0.5, 0.6) is 0 Å². The van der Waals surface area contributed by atoms with Gasteiger partial charge in [0.25, 0.3) is 5.82 Å². The molecular formula is C21H23N2+. The van der Waals surface area contributed by atoms with E-state index in [1.165, 1.54) is 28.2 Å². The number of fused-ring (bicyclic) bond motifs is 1. The van der Waals surface area contributed by atoms with Crippen molar-refractivity contribution in [2.75, 3.05) is 11.4 Å². The fourth-order valence-electron chi connectivity index (χ4n) is 3.01. The van der Waals surface area contributed by atoms with E-state index in [4.69, 9.17) is 0 Å². The maximum Gasteiger partial charge on any atom is 0.281 e. The summed E-state index contributed by atoms with van der Waals surface area (Å²) in [7, 11) is 2.09. The molecule has 1 aliphatic rings. The number of allylic oxidation sites excluding steroid dienone is 4. The van der Waals surface area contributed by atoms with E-state index in [2.05, 4.69) is 97.8 Å². The largest absolute Gasteiger partial charge is 0.281 e. The lowest BCUT2D eigenvalue weighted by atomic mass is 9.97. The van der Waals surface area contributed by atoms with Gasteiger partial charge in [0.2, 0.25) is 0 Å². The van der Waals surface area contributed by atoms with Gasteiger partial charge in [-0.2, -0.15) is 0 Å². The van der Waals surface area contributed by atoms with E-state index in [1.807, 2.05) is 0 Å². The summed E-state index contributed by atoms with van der Waals surface area (Å²) in [6.45, 7) is 9.46. The Morgan fingerprint density at radius 1 is 1.09 bits per heavy atom. The van der Waals surface area contributed by atoms with Crippen LogP contribution in [0.25, 0.3) is 5.57 Å². The van der Waals surface area contributed by atoms with E-state index in [1.54, 1.807) is 0 Å². The Kier molecular flexibility index (Phi) is 4.16. The Labute approximate surface area is 138 Å². The molecule has 1 aliphatic heterocycles. The molecule has 2 heteroatoms. The van der Waals surface area contributed by atoms with E-state index in [-0.39, 0.29) is 0 Å². The molecule has 0 saturated heterocycles. The normalized spacial score (nSPS) is 17.0. The zero-order valence-electron chi connectivity index (χ0n) is 14.1. The van der Waals surface area contributed by atoms with E-state index in [0.717, 1.165) is 12.1 Å². The molecule has 0 spiro atoms. The molecule has 0 saturated carbocycles. The minimum atomic E-state index is 0.826. The Hall–Kier alpha value is -2.61. The summed E-state index contributed by atoms with van der Waals surface area (Å²) in [5.41, 5.74) is 6.08. The van der Waals surface area contributed by atoms with Crippen LogP contribution in [0.15, 0.2) is 67.4 Å². The molecule has 2 aromatic rings. The molecule has 3 rings (SSSR count). The number of nitrogens with zero attached hydrogens (tertiary/aromatic N) is 2. The Morgan fingerprint density at radius 3 is 2.70 bits per heavy atom. The number of pyridine rings is 1. The van der Waals surface area contributed by atoms with Crippen LogP contribution in [0.4, 0.5) is 11.5 Å². The second kappa shape index (κ2) is 6.25. The van der Waals surface area contributed by atoms with Gasteiger partial charge in [-0.05, 0) is 48.8 Å². The van der Waals surface area contributed by atoms with E-state index < -0.39 is 0 Å². The van der Waals surface area contributed by atoms with Gasteiger partial charge in [0.1, 0.15) is 12.2 Å². The molecular weight excluding hydrogens is 280 g/mol. The summed E-state index contributed by atoms with van der Waals surface area (Å²) in [5.74, 6) is 1.17. The Balaban J connectivity index is 2.29.